The number of carbonyl (C=O) groups excluding carboxylic acids is 7. The molecule has 0 aliphatic carbocycles. The highest BCUT2D eigenvalue weighted by atomic mass is 16.3. The molecule has 0 fully saturated rings. The Morgan fingerprint density at radius 1 is 0.706 bits per heavy atom. The summed E-state index contributed by atoms with van der Waals surface area (Å²) in [4.78, 5) is 82.3. The number of hydrazine groups is 1. The predicted octanol–water partition coefficient (Wildman–Crippen LogP) is -4.85. The number of rotatable bonds is 19. The van der Waals surface area contributed by atoms with E-state index in [1.165, 1.54) is 6.92 Å². The zero-order chi connectivity index (χ0) is 26.4. The Kier molecular flexibility index (Phi) is 14.1. The molecular weight excluding hydrogens is 454 g/mol. The minimum Gasteiger partial charge on any atom is -0.394 e. The Hall–Kier alpha value is -3.27. The van der Waals surface area contributed by atoms with E-state index >= 15 is 0 Å². The molecule has 0 saturated carbocycles. The van der Waals surface area contributed by atoms with Crippen molar-refractivity contribution < 1.29 is 38.7 Å². The first-order valence-electron chi connectivity index (χ1n) is 10.4. The van der Waals surface area contributed by atoms with Gasteiger partial charge < -0.3 is 33.4 Å². The van der Waals surface area contributed by atoms with E-state index < -0.39 is 71.8 Å². The van der Waals surface area contributed by atoms with Crippen molar-refractivity contribution in [3.05, 3.63) is 0 Å². The van der Waals surface area contributed by atoms with Gasteiger partial charge in [-0.25, -0.2) is 10.9 Å². The fraction of sp³-hybridized carbons (Fsp3) is 0.632. The van der Waals surface area contributed by atoms with Crippen molar-refractivity contribution in [2.75, 3.05) is 6.61 Å². The fourth-order valence-electron chi connectivity index (χ4n) is 2.67. The maximum atomic E-state index is 12.7. The normalized spacial score (nSPS) is 14.3. The number of amides is 4. The van der Waals surface area contributed by atoms with Gasteiger partial charge in [-0.15, -0.1) is 0 Å². The third-order valence-corrected chi connectivity index (χ3v) is 4.69. The molecule has 0 bridgehead atoms. The second-order valence-corrected chi connectivity index (χ2v) is 7.60. The first kappa shape index (κ1) is 30.7. The number of ketones is 3. The van der Waals surface area contributed by atoms with E-state index in [-0.39, 0.29) is 38.5 Å². The molecule has 0 aromatic rings. The average molecular weight is 488 g/mol. The fourth-order valence-corrected chi connectivity index (χ4v) is 2.67. The average Bonchev–Trinajstić information content (AvgIpc) is 2.75. The molecule has 4 atom stereocenters. The van der Waals surface area contributed by atoms with Gasteiger partial charge in [0.2, 0.25) is 35.2 Å². The van der Waals surface area contributed by atoms with Crippen LogP contribution in [-0.4, -0.2) is 76.9 Å². The number of Topliss-reactive ketones (excluding diaryl/α,β-unsaturated/α-hetero) is 3. The molecule has 4 amide bonds. The Morgan fingerprint density at radius 2 is 1.12 bits per heavy atom. The summed E-state index contributed by atoms with van der Waals surface area (Å²) in [6, 6.07) is -5.19. The lowest BCUT2D eigenvalue weighted by molar-refractivity contribution is -0.141. The van der Waals surface area contributed by atoms with Crippen molar-refractivity contribution in [3.8, 4) is 0 Å². The van der Waals surface area contributed by atoms with E-state index in [1.54, 1.807) is 0 Å². The first-order chi connectivity index (χ1) is 15.8. The number of nitrogens with one attached hydrogen (secondary N) is 3. The van der Waals surface area contributed by atoms with Crippen LogP contribution >= 0.6 is 0 Å². The zero-order valence-corrected chi connectivity index (χ0v) is 18.9. The number of hydrogen-bond acceptors (Lipinski definition) is 11. The first-order valence-corrected chi connectivity index (χ1v) is 10.4. The molecule has 0 radical (unpaired) electrons. The van der Waals surface area contributed by atoms with Crippen molar-refractivity contribution in [2.45, 2.75) is 69.6 Å². The monoisotopic (exact) mass is 487 g/mol. The number of aliphatic hydroxyl groups is 1. The smallest absolute Gasteiger partial charge is 0.237 e. The van der Waals surface area contributed by atoms with Gasteiger partial charge in [-0.2, -0.15) is 0 Å². The Bertz CT molecular complexity index is 789. The molecule has 0 heterocycles. The van der Waals surface area contributed by atoms with Crippen LogP contribution in [0.5, 0.6) is 0 Å². The standard InChI is InChI=1S/C19H33N7O8/c1-9(28)11(3-6-15(22)30)25-26-13(8-27)18(33)17(32)12(4-7-16(23)31)24-19(34)10(20)2-5-14(21)29/h10-13,25-27H,2-8,20H2,1H3,(H2,21,29)(H2,22,30)(H2,23,31)(H,24,34)/t10-,11-,12-,13-/m0/s1. The Labute approximate surface area is 195 Å². The van der Waals surface area contributed by atoms with Crippen LogP contribution in [0.2, 0.25) is 0 Å². The second-order valence-electron chi connectivity index (χ2n) is 7.60. The third-order valence-electron chi connectivity index (χ3n) is 4.69. The molecule has 0 spiro atoms. The Balaban J connectivity index is 5.33. The molecule has 0 aromatic carbocycles. The van der Waals surface area contributed by atoms with Gasteiger partial charge in [0.1, 0.15) is 11.8 Å². The van der Waals surface area contributed by atoms with E-state index in [0.717, 1.165) is 0 Å². The molecule has 12 N–H and O–H groups in total. The van der Waals surface area contributed by atoms with Gasteiger partial charge in [-0.3, -0.25) is 33.6 Å². The lowest BCUT2D eigenvalue weighted by atomic mass is 9.98. The van der Waals surface area contributed by atoms with Crippen LogP contribution in [-0.2, 0) is 33.6 Å². The molecule has 0 rings (SSSR count). The Morgan fingerprint density at radius 3 is 1.56 bits per heavy atom. The predicted molar refractivity (Wildman–Crippen MR) is 117 cm³/mol. The largest absolute Gasteiger partial charge is 0.394 e. The molecule has 0 aromatic heterocycles. The molecular formula is C19H33N7O8. The minimum absolute atomic E-state index is 0.00155. The van der Waals surface area contributed by atoms with Crippen molar-refractivity contribution in [1.82, 2.24) is 16.2 Å². The van der Waals surface area contributed by atoms with Crippen LogP contribution in [0.4, 0.5) is 0 Å². The molecule has 15 nitrogen and oxygen atoms in total. The summed E-state index contributed by atoms with van der Waals surface area (Å²) in [5, 5.41) is 11.8. The molecule has 15 heteroatoms. The van der Waals surface area contributed by atoms with Gasteiger partial charge in [-0.1, -0.05) is 0 Å². The second kappa shape index (κ2) is 15.5. The van der Waals surface area contributed by atoms with Crippen LogP contribution in [0, 0.1) is 0 Å². The highest BCUT2D eigenvalue weighted by Gasteiger charge is 2.33. The maximum Gasteiger partial charge on any atom is 0.237 e. The van der Waals surface area contributed by atoms with Gasteiger partial charge >= 0.3 is 0 Å². The number of primary amides is 3. The van der Waals surface area contributed by atoms with Crippen molar-refractivity contribution in [3.63, 3.8) is 0 Å². The van der Waals surface area contributed by atoms with Crippen LogP contribution in [0.3, 0.4) is 0 Å². The minimum atomic E-state index is -1.53. The molecule has 34 heavy (non-hydrogen) atoms. The number of nitrogens with two attached hydrogens (primary N) is 4. The van der Waals surface area contributed by atoms with E-state index in [1.807, 2.05) is 0 Å². The number of carbonyl (C=O) groups is 7. The summed E-state index contributed by atoms with van der Waals surface area (Å²) in [7, 11) is 0. The van der Waals surface area contributed by atoms with Crippen molar-refractivity contribution >= 4 is 41.0 Å². The van der Waals surface area contributed by atoms with E-state index in [2.05, 4.69) is 16.2 Å². The maximum absolute atomic E-state index is 12.7. The zero-order valence-electron chi connectivity index (χ0n) is 18.9. The summed E-state index contributed by atoms with van der Waals surface area (Å²) in [5.41, 5.74) is 25.6. The van der Waals surface area contributed by atoms with Gasteiger partial charge in [-0.05, 0) is 26.2 Å². The van der Waals surface area contributed by atoms with Crippen molar-refractivity contribution in [2.24, 2.45) is 22.9 Å². The molecule has 0 saturated heterocycles. The topological polar surface area (TPSA) is 280 Å². The quantitative estimate of drug-likeness (QED) is 0.0631. The van der Waals surface area contributed by atoms with E-state index in [4.69, 9.17) is 22.9 Å². The third kappa shape index (κ3) is 12.1. The van der Waals surface area contributed by atoms with Crippen LogP contribution < -0.4 is 39.1 Å². The highest BCUT2D eigenvalue weighted by molar-refractivity contribution is 6.41. The van der Waals surface area contributed by atoms with Crippen molar-refractivity contribution in [1.29, 1.82) is 0 Å². The summed E-state index contributed by atoms with van der Waals surface area (Å²) in [5.74, 6) is -5.75. The summed E-state index contributed by atoms with van der Waals surface area (Å²) >= 11 is 0. The summed E-state index contributed by atoms with van der Waals surface area (Å²) in [6.45, 7) is 0.352. The van der Waals surface area contributed by atoms with Gasteiger partial charge in [0.15, 0.2) is 0 Å². The lowest BCUT2D eigenvalue weighted by Crippen LogP contribution is -2.58. The summed E-state index contributed by atoms with van der Waals surface area (Å²) in [6.07, 6.45) is -1.12. The van der Waals surface area contributed by atoms with Crippen LogP contribution in [0.1, 0.15) is 45.4 Å². The number of hydrogen-bond donors (Lipinski definition) is 8. The number of aliphatic hydroxyl groups excluding tert-OH is 1. The molecule has 0 unspecified atom stereocenters. The van der Waals surface area contributed by atoms with Crippen LogP contribution in [0.25, 0.3) is 0 Å². The molecule has 0 aliphatic heterocycles. The SMILES string of the molecule is CC(=O)[C@H](CCC(N)=O)NN[C@@H](CO)C(=O)C(=O)[C@H](CCC(N)=O)NC(=O)[C@@H](N)CCC(N)=O. The molecule has 192 valence electrons. The molecule has 0 aliphatic rings. The van der Waals surface area contributed by atoms with Gasteiger partial charge in [0.25, 0.3) is 0 Å². The van der Waals surface area contributed by atoms with E-state index in [0.29, 0.717) is 0 Å². The van der Waals surface area contributed by atoms with Gasteiger partial charge in [0.05, 0.1) is 24.7 Å². The highest BCUT2D eigenvalue weighted by Crippen LogP contribution is 2.05. The van der Waals surface area contributed by atoms with Gasteiger partial charge in [0, 0.05) is 19.3 Å². The van der Waals surface area contributed by atoms with E-state index in [9.17, 15) is 38.7 Å². The summed E-state index contributed by atoms with van der Waals surface area (Å²) < 4.78 is 0. The van der Waals surface area contributed by atoms with Crippen LogP contribution in [0.15, 0.2) is 0 Å². The lowest BCUT2D eigenvalue weighted by Gasteiger charge is -2.23.